The van der Waals surface area contributed by atoms with Gasteiger partial charge in [0.1, 0.15) is 12.3 Å². The zero-order valence-electron chi connectivity index (χ0n) is 20.5. The summed E-state index contributed by atoms with van der Waals surface area (Å²) in [5, 5.41) is 16.8. The van der Waals surface area contributed by atoms with Gasteiger partial charge in [0, 0.05) is 20.6 Å². The van der Waals surface area contributed by atoms with Gasteiger partial charge in [-0.15, -0.1) is 0 Å². The van der Waals surface area contributed by atoms with Crippen LogP contribution in [0.4, 0.5) is 0 Å². The molecule has 3 unspecified atom stereocenters. The van der Waals surface area contributed by atoms with Crippen LogP contribution in [0.3, 0.4) is 0 Å². The summed E-state index contributed by atoms with van der Waals surface area (Å²) in [6.07, 6.45) is 9.30. The second kappa shape index (κ2) is 24.7. The lowest BCUT2D eigenvalue weighted by Crippen LogP contribution is -2.30. The van der Waals surface area contributed by atoms with E-state index in [1.807, 2.05) is 19.9 Å². The van der Waals surface area contributed by atoms with Crippen molar-refractivity contribution >= 4 is 12.3 Å². The van der Waals surface area contributed by atoms with Gasteiger partial charge in [0.2, 0.25) is 0 Å². The normalized spacial score (nSPS) is 14.1. The lowest BCUT2D eigenvalue weighted by molar-refractivity contribution is -0.138. The average molecular weight is 446 g/mol. The van der Waals surface area contributed by atoms with Crippen LogP contribution in [0, 0.1) is 17.2 Å². The minimum Gasteiger partial charge on any atom is -0.480 e. The molecule has 0 rings (SSSR count). The highest BCUT2D eigenvalue weighted by atomic mass is 16.5. The van der Waals surface area contributed by atoms with Crippen molar-refractivity contribution in [1.82, 2.24) is 0 Å². The Bertz CT molecular complexity index is 455. The Morgan fingerprint density at radius 2 is 1.42 bits per heavy atom. The van der Waals surface area contributed by atoms with Crippen LogP contribution in [-0.2, 0) is 19.1 Å². The first-order chi connectivity index (χ1) is 14.5. The van der Waals surface area contributed by atoms with E-state index >= 15 is 0 Å². The molecule has 0 amide bonds. The molecule has 0 aliphatic carbocycles. The van der Waals surface area contributed by atoms with Crippen molar-refractivity contribution in [2.45, 2.75) is 110 Å². The van der Waals surface area contributed by atoms with Crippen LogP contribution in [0.1, 0.15) is 85.5 Å². The second-order valence-corrected chi connectivity index (χ2v) is 8.13. The molecule has 5 N–H and O–H groups in total. The standard InChI is InChI=1S/C8H16N2O.C8H17NO3.C7H14O/c1-7(11-2)4-3-5-8(10)6-9;1-6(12-2)4-3-5-7(9)8(10)11;1-7(2)5-3-4-6-8/h7-8H,3-5,10H2,1-2H3;6-7H,3-5,9H2,1-2H3,(H,10,11);6-7H,3-5H2,1-2H3/t;6?,7-;/m.0./s1. The van der Waals surface area contributed by atoms with Crippen molar-refractivity contribution in [2.75, 3.05) is 14.2 Å². The maximum absolute atomic E-state index is 10.3. The van der Waals surface area contributed by atoms with Gasteiger partial charge in [-0.1, -0.05) is 20.3 Å². The predicted octanol–water partition coefficient (Wildman–Crippen LogP) is 3.66. The number of carboxylic acids is 1. The monoisotopic (exact) mass is 445 g/mol. The van der Waals surface area contributed by atoms with Crippen molar-refractivity contribution in [3.05, 3.63) is 0 Å². The second-order valence-electron chi connectivity index (χ2n) is 8.13. The lowest BCUT2D eigenvalue weighted by Gasteiger charge is -2.10. The first-order valence-electron chi connectivity index (χ1n) is 11.2. The van der Waals surface area contributed by atoms with Gasteiger partial charge in [0.05, 0.1) is 24.3 Å². The summed E-state index contributed by atoms with van der Waals surface area (Å²) in [5.41, 5.74) is 10.7. The molecule has 0 fully saturated rings. The summed E-state index contributed by atoms with van der Waals surface area (Å²) in [6, 6.07) is 0.959. The van der Waals surface area contributed by atoms with Gasteiger partial charge in [0.15, 0.2) is 0 Å². The van der Waals surface area contributed by atoms with E-state index < -0.39 is 12.0 Å². The molecule has 0 bridgehead atoms. The topological polar surface area (TPSA) is 149 Å². The number of carbonyl (C=O) groups is 2. The third-order valence-electron chi connectivity index (χ3n) is 4.64. The lowest BCUT2D eigenvalue weighted by atomic mass is 10.1. The van der Waals surface area contributed by atoms with Crippen molar-refractivity contribution in [3.8, 4) is 6.07 Å². The molecular weight excluding hydrogens is 398 g/mol. The smallest absolute Gasteiger partial charge is 0.320 e. The minimum absolute atomic E-state index is 0.186. The molecule has 8 heteroatoms. The Hall–Kier alpha value is -1.53. The molecule has 0 radical (unpaired) electrons. The van der Waals surface area contributed by atoms with Crippen LogP contribution in [0.5, 0.6) is 0 Å². The number of hydrogen-bond acceptors (Lipinski definition) is 7. The van der Waals surface area contributed by atoms with E-state index in [9.17, 15) is 9.59 Å². The number of aliphatic carboxylic acids is 1. The fraction of sp³-hybridized carbons (Fsp3) is 0.870. The average Bonchev–Trinajstić information content (AvgIpc) is 2.73. The van der Waals surface area contributed by atoms with Crippen LogP contribution in [0.25, 0.3) is 0 Å². The van der Waals surface area contributed by atoms with E-state index in [0.717, 1.165) is 57.1 Å². The van der Waals surface area contributed by atoms with Crippen LogP contribution < -0.4 is 11.5 Å². The summed E-state index contributed by atoms with van der Waals surface area (Å²) in [6.45, 7) is 8.31. The van der Waals surface area contributed by atoms with Gasteiger partial charge in [-0.3, -0.25) is 4.79 Å². The summed E-state index contributed by atoms with van der Waals surface area (Å²) < 4.78 is 10.0. The Morgan fingerprint density at radius 3 is 1.77 bits per heavy atom. The predicted molar refractivity (Wildman–Crippen MR) is 125 cm³/mol. The maximum atomic E-state index is 10.3. The molecule has 0 aliphatic heterocycles. The summed E-state index contributed by atoms with van der Waals surface area (Å²) in [4.78, 5) is 20.1. The number of nitrogens with zero attached hydrogens (tertiary/aromatic N) is 1. The Balaban J connectivity index is -0.000000387. The number of nitrogens with two attached hydrogens (primary N) is 2. The van der Waals surface area contributed by atoms with E-state index in [1.54, 1.807) is 14.2 Å². The van der Waals surface area contributed by atoms with Crippen LogP contribution in [-0.4, -0.2) is 55.9 Å². The summed E-state index contributed by atoms with van der Waals surface area (Å²) >= 11 is 0. The van der Waals surface area contributed by atoms with Crippen molar-refractivity contribution < 1.29 is 24.2 Å². The van der Waals surface area contributed by atoms with Crippen LogP contribution >= 0.6 is 0 Å². The highest BCUT2D eigenvalue weighted by molar-refractivity contribution is 5.72. The zero-order chi connectivity index (χ0) is 24.7. The molecule has 31 heavy (non-hydrogen) atoms. The number of unbranched alkanes of at least 4 members (excludes halogenated alkanes) is 1. The Kier molecular flexibility index (Phi) is 27.2. The van der Waals surface area contributed by atoms with Crippen LogP contribution in [0.2, 0.25) is 0 Å². The van der Waals surface area contributed by atoms with E-state index in [-0.39, 0.29) is 18.2 Å². The van der Waals surface area contributed by atoms with E-state index in [1.165, 1.54) is 6.42 Å². The number of hydrogen-bond donors (Lipinski definition) is 3. The molecule has 0 heterocycles. The van der Waals surface area contributed by atoms with Gasteiger partial charge in [0.25, 0.3) is 0 Å². The summed E-state index contributed by atoms with van der Waals surface area (Å²) in [7, 11) is 3.33. The molecule has 0 aromatic carbocycles. The molecule has 4 atom stereocenters. The number of aldehydes is 1. The number of carbonyl (C=O) groups excluding carboxylic acids is 1. The SMILES string of the molecule is CC(C)CCCC=O.COC(C)CCCC(N)C#N.COC(C)CCC[C@H](N)C(=O)O. The maximum Gasteiger partial charge on any atom is 0.320 e. The van der Waals surface area contributed by atoms with Crippen LogP contribution in [0.15, 0.2) is 0 Å². The third-order valence-corrected chi connectivity index (χ3v) is 4.64. The number of carboxylic acid groups (broad SMARTS) is 1. The number of ether oxygens (including phenoxy) is 2. The van der Waals surface area contributed by atoms with Crippen molar-refractivity contribution in [1.29, 1.82) is 5.26 Å². The first kappa shape index (κ1) is 34.1. The molecule has 184 valence electrons. The van der Waals surface area contributed by atoms with Gasteiger partial charge >= 0.3 is 5.97 Å². The largest absolute Gasteiger partial charge is 0.480 e. The Morgan fingerprint density at radius 1 is 0.935 bits per heavy atom. The van der Waals surface area contributed by atoms with Crippen molar-refractivity contribution in [2.24, 2.45) is 17.4 Å². The molecule has 0 spiro atoms. The quantitative estimate of drug-likeness (QED) is 0.255. The fourth-order valence-electron chi connectivity index (χ4n) is 2.28. The van der Waals surface area contributed by atoms with E-state index in [0.29, 0.717) is 6.42 Å². The minimum atomic E-state index is -0.930. The summed E-state index contributed by atoms with van der Waals surface area (Å²) in [5.74, 6) is -0.185. The first-order valence-corrected chi connectivity index (χ1v) is 11.2. The molecular formula is C23H47N3O5. The Labute approximate surface area is 189 Å². The molecule has 0 saturated heterocycles. The number of methoxy groups -OCH3 is 2. The zero-order valence-corrected chi connectivity index (χ0v) is 20.5. The highest BCUT2D eigenvalue weighted by Crippen LogP contribution is 2.05. The number of rotatable bonds is 15. The molecule has 8 nitrogen and oxygen atoms in total. The molecule has 0 aromatic rings. The third kappa shape index (κ3) is 30.7. The van der Waals surface area contributed by atoms with Gasteiger partial charge in [-0.2, -0.15) is 5.26 Å². The molecule has 0 aliphatic rings. The molecule has 0 aromatic heterocycles. The fourth-order valence-corrected chi connectivity index (χ4v) is 2.28. The van der Waals surface area contributed by atoms with Crippen molar-refractivity contribution in [3.63, 3.8) is 0 Å². The van der Waals surface area contributed by atoms with E-state index in [2.05, 4.69) is 13.8 Å². The van der Waals surface area contributed by atoms with Gasteiger partial charge in [-0.25, -0.2) is 0 Å². The van der Waals surface area contributed by atoms with Gasteiger partial charge in [-0.05, 0) is 64.7 Å². The number of nitriles is 1. The molecule has 0 saturated carbocycles. The highest BCUT2D eigenvalue weighted by Gasteiger charge is 2.11. The van der Waals surface area contributed by atoms with Gasteiger partial charge < -0.3 is 30.8 Å². The van der Waals surface area contributed by atoms with E-state index in [4.69, 9.17) is 31.3 Å².